The summed E-state index contributed by atoms with van der Waals surface area (Å²) in [5.41, 5.74) is -0.454. The molecule has 2 N–H and O–H groups in total. The Morgan fingerprint density at radius 2 is 1.89 bits per heavy atom. The van der Waals surface area contributed by atoms with Gasteiger partial charge in [0.05, 0.1) is 6.54 Å². The average Bonchev–Trinajstić information content (AvgIpc) is 3.22. The van der Waals surface area contributed by atoms with Gasteiger partial charge in [-0.2, -0.15) is 5.10 Å². The summed E-state index contributed by atoms with van der Waals surface area (Å²) < 4.78 is 24.3. The lowest BCUT2D eigenvalue weighted by atomic mass is 9.78. The fourth-order valence-corrected chi connectivity index (χ4v) is 4.25. The number of carbonyl (C=O) groups is 2. The maximum atomic E-state index is 13.0. The second-order valence-electron chi connectivity index (χ2n) is 8.46. The first-order valence-corrected chi connectivity index (χ1v) is 11.4. The van der Waals surface area contributed by atoms with Crippen molar-refractivity contribution < 1.29 is 28.6 Å². The third kappa shape index (κ3) is 6.20. The van der Waals surface area contributed by atoms with Crippen LogP contribution in [0.1, 0.15) is 25.7 Å². The molecule has 3 aromatic rings. The number of nitrogens with one attached hydrogen (secondary N) is 1. The van der Waals surface area contributed by atoms with E-state index in [1.54, 1.807) is 35.4 Å². The van der Waals surface area contributed by atoms with Crippen LogP contribution in [0, 0.1) is 11.7 Å². The van der Waals surface area contributed by atoms with Crippen LogP contribution in [0.15, 0.2) is 54.7 Å². The summed E-state index contributed by atoms with van der Waals surface area (Å²) in [6.45, 7) is 1.01. The average molecular weight is 496 g/mol. The number of halogens is 1. The van der Waals surface area contributed by atoms with E-state index in [1.807, 2.05) is 0 Å². The second kappa shape index (κ2) is 11.4. The van der Waals surface area contributed by atoms with Gasteiger partial charge in [-0.05, 0) is 74.1 Å². The van der Waals surface area contributed by atoms with E-state index in [4.69, 9.17) is 19.4 Å². The van der Waals surface area contributed by atoms with Crippen LogP contribution in [-0.4, -0.2) is 56.8 Å². The topological polar surface area (TPSA) is 140 Å². The standard InChI is InChI=1S/C23H23FN6O3.CH2O2/c24-17-3-5-18(6-4-17)32-21-8-7-19(27-29-21)25-14-16-9-11-23(12-10-16)15-30(22(31)33-23)20-2-1-13-26-28-20;2-1-3/h1-8,13,16H,9-12,14-15H2,(H,25,27);1H,(H,2,3)/t16-,23-;. The second-order valence-corrected chi connectivity index (χ2v) is 8.46. The van der Waals surface area contributed by atoms with Crippen LogP contribution >= 0.6 is 0 Å². The lowest BCUT2D eigenvalue weighted by Crippen LogP contribution is -2.39. The molecular weight excluding hydrogens is 471 g/mol. The summed E-state index contributed by atoms with van der Waals surface area (Å²) in [6.07, 6.45) is 4.71. The van der Waals surface area contributed by atoms with Gasteiger partial charge in [-0.25, -0.2) is 9.18 Å². The zero-order valence-electron chi connectivity index (χ0n) is 19.3. The number of rotatable bonds is 6. The highest BCUT2D eigenvalue weighted by Crippen LogP contribution is 2.40. The van der Waals surface area contributed by atoms with Crippen LogP contribution in [-0.2, 0) is 9.53 Å². The number of ether oxygens (including phenoxy) is 2. The molecule has 12 heteroatoms. The number of carboxylic acid groups (broad SMARTS) is 1. The van der Waals surface area contributed by atoms with Crippen molar-refractivity contribution in [2.75, 3.05) is 23.3 Å². The first-order chi connectivity index (χ1) is 17.5. The third-order valence-corrected chi connectivity index (χ3v) is 6.07. The maximum absolute atomic E-state index is 13.0. The summed E-state index contributed by atoms with van der Waals surface area (Å²) in [7, 11) is 0. The van der Waals surface area contributed by atoms with Crippen LogP contribution in [0.25, 0.3) is 0 Å². The number of anilines is 2. The molecule has 1 saturated heterocycles. The molecule has 5 rings (SSSR count). The Bertz CT molecular complexity index is 1140. The minimum Gasteiger partial charge on any atom is -0.483 e. The fraction of sp³-hybridized carbons (Fsp3) is 0.333. The van der Waals surface area contributed by atoms with E-state index >= 15 is 0 Å². The molecule has 1 spiro atoms. The minimum absolute atomic E-state index is 0.250. The first-order valence-electron chi connectivity index (χ1n) is 11.4. The number of hydrogen-bond acceptors (Lipinski definition) is 9. The fourth-order valence-electron chi connectivity index (χ4n) is 4.25. The highest BCUT2D eigenvalue weighted by atomic mass is 19.1. The Morgan fingerprint density at radius 3 is 2.53 bits per heavy atom. The summed E-state index contributed by atoms with van der Waals surface area (Å²) in [4.78, 5) is 22.3. The summed E-state index contributed by atoms with van der Waals surface area (Å²) >= 11 is 0. The Morgan fingerprint density at radius 1 is 1.14 bits per heavy atom. The first kappa shape index (κ1) is 24.8. The van der Waals surface area contributed by atoms with Crippen molar-refractivity contribution in [3.8, 4) is 11.6 Å². The number of amides is 1. The molecule has 1 amide bonds. The Hall–Kier alpha value is -4.35. The zero-order chi connectivity index (χ0) is 25.4. The Kier molecular flexibility index (Phi) is 7.83. The van der Waals surface area contributed by atoms with Gasteiger partial charge in [0, 0.05) is 18.8 Å². The summed E-state index contributed by atoms with van der Waals surface area (Å²) in [5.74, 6) is 2.12. The van der Waals surface area contributed by atoms with E-state index in [9.17, 15) is 9.18 Å². The highest BCUT2D eigenvalue weighted by Gasteiger charge is 2.48. The predicted molar refractivity (Wildman–Crippen MR) is 126 cm³/mol. The van der Waals surface area contributed by atoms with Crippen LogP contribution in [0.3, 0.4) is 0 Å². The number of nitrogens with zero attached hydrogens (tertiary/aromatic N) is 5. The molecule has 2 aliphatic rings. The van der Waals surface area contributed by atoms with Gasteiger partial charge in [-0.1, -0.05) is 0 Å². The number of aromatic nitrogens is 4. The van der Waals surface area contributed by atoms with Gasteiger partial charge < -0.3 is 19.9 Å². The van der Waals surface area contributed by atoms with Crippen molar-refractivity contribution in [3.05, 3.63) is 60.5 Å². The van der Waals surface area contributed by atoms with Crippen molar-refractivity contribution in [1.82, 2.24) is 20.4 Å². The Balaban J connectivity index is 0.000000967. The molecule has 0 atom stereocenters. The van der Waals surface area contributed by atoms with E-state index in [0.717, 1.165) is 32.2 Å². The SMILES string of the molecule is O=C1O[C@]2(CC[C@H](CNc3ccc(Oc4ccc(F)cc4)nn3)CC2)CN1c1cccnn1.O=CO. The molecule has 0 bridgehead atoms. The summed E-state index contributed by atoms with van der Waals surface area (Å²) in [5, 5.41) is 26.3. The van der Waals surface area contributed by atoms with Gasteiger partial charge in [0.15, 0.2) is 5.82 Å². The van der Waals surface area contributed by atoms with Gasteiger partial charge in [-0.3, -0.25) is 9.69 Å². The highest BCUT2D eigenvalue weighted by molar-refractivity contribution is 5.89. The molecule has 11 nitrogen and oxygen atoms in total. The van der Waals surface area contributed by atoms with E-state index in [0.29, 0.717) is 35.7 Å². The molecule has 1 aliphatic carbocycles. The molecule has 3 heterocycles. The third-order valence-electron chi connectivity index (χ3n) is 6.07. The van der Waals surface area contributed by atoms with Crippen molar-refractivity contribution in [2.45, 2.75) is 31.3 Å². The predicted octanol–water partition coefficient (Wildman–Crippen LogP) is 3.90. The molecule has 0 radical (unpaired) electrons. The Labute approximate surface area is 206 Å². The molecule has 1 saturated carbocycles. The van der Waals surface area contributed by atoms with E-state index in [-0.39, 0.29) is 18.4 Å². The smallest absolute Gasteiger partial charge is 0.416 e. The number of carbonyl (C=O) groups excluding carboxylic acids is 1. The van der Waals surface area contributed by atoms with Gasteiger partial charge in [0.2, 0.25) is 5.88 Å². The van der Waals surface area contributed by atoms with Gasteiger partial charge in [0.1, 0.15) is 23.0 Å². The molecule has 188 valence electrons. The normalized spacial score (nSPS) is 20.8. The molecule has 1 aromatic carbocycles. The quantitative estimate of drug-likeness (QED) is 0.483. The molecular formula is C24H25FN6O5. The lowest BCUT2D eigenvalue weighted by Gasteiger charge is -2.35. The van der Waals surface area contributed by atoms with Crippen LogP contribution in [0.5, 0.6) is 11.6 Å². The zero-order valence-corrected chi connectivity index (χ0v) is 19.3. The molecule has 36 heavy (non-hydrogen) atoms. The summed E-state index contributed by atoms with van der Waals surface area (Å²) in [6, 6.07) is 12.8. The largest absolute Gasteiger partial charge is 0.483 e. The van der Waals surface area contributed by atoms with Crippen LogP contribution in [0.4, 0.5) is 20.8 Å². The molecule has 1 aliphatic heterocycles. The van der Waals surface area contributed by atoms with E-state index in [2.05, 4.69) is 25.7 Å². The molecule has 2 fully saturated rings. The number of benzene rings is 1. The van der Waals surface area contributed by atoms with Crippen LogP contribution in [0.2, 0.25) is 0 Å². The maximum Gasteiger partial charge on any atom is 0.416 e. The van der Waals surface area contributed by atoms with Crippen molar-refractivity contribution in [2.24, 2.45) is 5.92 Å². The van der Waals surface area contributed by atoms with Gasteiger partial charge in [-0.15, -0.1) is 15.3 Å². The van der Waals surface area contributed by atoms with Gasteiger partial charge >= 0.3 is 6.09 Å². The molecule has 2 aromatic heterocycles. The van der Waals surface area contributed by atoms with Gasteiger partial charge in [0.25, 0.3) is 6.47 Å². The van der Waals surface area contributed by atoms with E-state index < -0.39 is 5.60 Å². The van der Waals surface area contributed by atoms with Crippen molar-refractivity contribution in [1.29, 1.82) is 0 Å². The number of hydrogen-bond donors (Lipinski definition) is 2. The monoisotopic (exact) mass is 496 g/mol. The lowest BCUT2D eigenvalue weighted by molar-refractivity contribution is -0.122. The molecule has 0 unspecified atom stereocenters. The van der Waals surface area contributed by atoms with E-state index in [1.165, 1.54) is 24.3 Å². The van der Waals surface area contributed by atoms with Crippen molar-refractivity contribution >= 4 is 24.2 Å². The minimum atomic E-state index is -0.454. The van der Waals surface area contributed by atoms with Crippen molar-refractivity contribution in [3.63, 3.8) is 0 Å². The van der Waals surface area contributed by atoms with Crippen LogP contribution < -0.4 is 15.0 Å².